The predicted octanol–water partition coefficient (Wildman–Crippen LogP) is 3.22. The second-order valence-electron chi connectivity index (χ2n) is 6.08. The molecule has 0 saturated carbocycles. The minimum Gasteiger partial charge on any atom is -0.355 e. The normalized spacial score (nSPS) is 16.7. The molecule has 6 heteroatoms. The lowest BCUT2D eigenvalue weighted by atomic mass is 9.95. The SMILES string of the molecule is CC(NC(=O)C1CCN(c2cnccn2)CC1)c1ccccc1Cl. The molecule has 1 atom stereocenters. The summed E-state index contributed by atoms with van der Waals surface area (Å²) in [5.74, 6) is 1.00. The van der Waals surface area contributed by atoms with Gasteiger partial charge >= 0.3 is 0 Å². The first-order chi connectivity index (χ1) is 11.6. The smallest absolute Gasteiger partial charge is 0.223 e. The fourth-order valence-corrected chi connectivity index (χ4v) is 3.36. The summed E-state index contributed by atoms with van der Waals surface area (Å²) in [4.78, 5) is 23.1. The van der Waals surface area contributed by atoms with Crippen LogP contribution in [0.1, 0.15) is 31.4 Å². The number of nitrogens with one attached hydrogen (secondary N) is 1. The molecule has 2 aromatic rings. The molecule has 3 rings (SSSR count). The molecule has 0 spiro atoms. The Bertz CT molecular complexity index is 686. The van der Waals surface area contributed by atoms with Crippen molar-refractivity contribution >= 4 is 23.3 Å². The van der Waals surface area contributed by atoms with Crippen molar-refractivity contribution in [3.8, 4) is 0 Å². The Morgan fingerprint density at radius 3 is 2.71 bits per heavy atom. The third kappa shape index (κ3) is 3.85. The summed E-state index contributed by atoms with van der Waals surface area (Å²) < 4.78 is 0. The van der Waals surface area contributed by atoms with E-state index in [0.717, 1.165) is 37.3 Å². The summed E-state index contributed by atoms with van der Waals surface area (Å²) in [6.45, 7) is 3.60. The molecule has 1 fully saturated rings. The second-order valence-corrected chi connectivity index (χ2v) is 6.48. The lowest BCUT2D eigenvalue weighted by Gasteiger charge is -2.32. The molecule has 0 aliphatic carbocycles. The van der Waals surface area contributed by atoms with Gasteiger partial charge in [0.1, 0.15) is 5.82 Å². The summed E-state index contributed by atoms with van der Waals surface area (Å²) in [5, 5.41) is 3.77. The number of halogens is 1. The highest BCUT2D eigenvalue weighted by Gasteiger charge is 2.26. The van der Waals surface area contributed by atoms with Crippen molar-refractivity contribution in [1.29, 1.82) is 0 Å². The minimum atomic E-state index is -0.0933. The zero-order chi connectivity index (χ0) is 16.9. The van der Waals surface area contributed by atoms with Crippen LogP contribution in [0.15, 0.2) is 42.9 Å². The summed E-state index contributed by atoms with van der Waals surface area (Å²) in [6, 6.07) is 7.53. The van der Waals surface area contributed by atoms with Crippen LogP contribution in [0.3, 0.4) is 0 Å². The van der Waals surface area contributed by atoms with Gasteiger partial charge in [0, 0.05) is 36.4 Å². The van der Waals surface area contributed by atoms with Crippen LogP contribution < -0.4 is 10.2 Å². The predicted molar refractivity (Wildman–Crippen MR) is 95.0 cm³/mol. The summed E-state index contributed by atoms with van der Waals surface area (Å²) in [6.07, 6.45) is 6.76. The van der Waals surface area contributed by atoms with Gasteiger partial charge in [-0.2, -0.15) is 0 Å². The lowest BCUT2D eigenvalue weighted by molar-refractivity contribution is -0.126. The average Bonchev–Trinajstić information content (AvgIpc) is 2.63. The third-order valence-electron chi connectivity index (χ3n) is 4.47. The van der Waals surface area contributed by atoms with Crippen LogP contribution >= 0.6 is 11.6 Å². The van der Waals surface area contributed by atoms with Crippen molar-refractivity contribution in [2.45, 2.75) is 25.8 Å². The maximum absolute atomic E-state index is 12.5. The molecule has 2 heterocycles. The highest BCUT2D eigenvalue weighted by Crippen LogP contribution is 2.25. The number of carbonyl (C=O) groups is 1. The Kier molecular flexibility index (Phi) is 5.30. The highest BCUT2D eigenvalue weighted by atomic mass is 35.5. The van der Waals surface area contributed by atoms with Crippen LogP contribution in [0.25, 0.3) is 0 Å². The van der Waals surface area contributed by atoms with E-state index in [9.17, 15) is 4.79 Å². The molecule has 1 aliphatic heterocycles. The van der Waals surface area contributed by atoms with Crippen molar-refractivity contribution in [3.05, 3.63) is 53.4 Å². The van der Waals surface area contributed by atoms with Crippen LogP contribution in [0.4, 0.5) is 5.82 Å². The van der Waals surface area contributed by atoms with E-state index in [-0.39, 0.29) is 17.9 Å². The number of aromatic nitrogens is 2. The fraction of sp³-hybridized carbons (Fsp3) is 0.389. The molecular formula is C18H21ClN4O. The van der Waals surface area contributed by atoms with E-state index in [2.05, 4.69) is 20.2 Å². The molecule has 1 aromatic heterocycles. The number of hydrogen-bond donors (Lipinski definition) is 1. The fourth-order valence-electron chi connectivity index (χ4n) is 3.06. The Labute approximate surface area is 147 Å². The first-order valence-electron chi connectivity index (χ1n) is 8.21. The molecule has 1 saturated heterocycles. The van der Waals surface area contributed by atoms with E-state index >= 15 is 0 Å². The number of piperidine rings is 1. The number of nitrogens with zero attached hydrogens (tertiary/aromatic N) is 3. The molecule has 1 N–H and O–H groups in total. The summed E-state index contributed by atoms with van der Waals surface area (Å²) >= 11 is 6.20. The molecule has 5 nitrogen and oxygen atoms in total. The number of amides is 1. The van der Waals surface area contributed by atoms with Gasteiger partial charge in [0.25, 0.3) is 0 Å². The van der Waals surface area contributed by atoms with Crippen molar-refractivity contribution in [1.82, 2.24) is 15.3 Å². The first kappa shape index (κ1) is 16.7. The van der Waals surface area contributed by atoms with E-state index in [0.29, 0.717) is 5.02 Å². The van der Waals surface area contributed by atoms with E-state index in [1.165, 1.54) is 0 Å². The monoisotopic (exact) mass is 344 g/mol. The largest absolute Gasteiger partial charge is 0.355 e. The molecule has 24 heavy (non-hydrogen) atoms. The van der Waals surface area contributed by atoms with Gasteiger partial charge in [-0.25, -0.2) is 4.98 Å². The summed E-state index contributed by atoms with van der Waals surface area (Å²) in [7, 11) is 0. The third-order valence-corrected chi connectivity index (χ3v) is 4.81. The van der Waals surface area contributed by atoms with Crippen LogP contribution in [0, 0.1) is 5.92 Å². The number of carbonyl (C=O) groups excluding carboxylic acids is 1. The van der Waals surface area contributed by atoms with E-state index in [1.54, 1.807) is 18.6 Å². The van der Waals surface area contributed by atoms with Crippen molar-refractivity contribution in [2.75, 3.05) is 18.0 Å². The van der Waals surface area contributed by atoms with Crippen molar-refractivity contribution < 1.29 is 4.79 Å². The molecular weight excluding hydrogens is 324 g/mol. The van der Waals surface area contributed by atoms with Crippen LogP contribution in [-0.2, 0) is 4.79 Å². The van der Waals surface area contributed by atoms with Crippen LogP contribution in [-0.4, -0.2) is 29.0 Å². The van der Waals surface area contributed by atoms with Gasteiger partial charge in [-0.15, -0.1) is 0 Å². The average molecular weight is 345 g/mol. The van der Waals surface area contributed by atoms with Gasteiger partial charge in [-0.05, 0) is 31.4 Å². The Hall–Kier alpha value is -2.14. The molecule has 0 bridgehead atoms. The lowest BCUT2D eigenvalue weighted by Crippen LogP contribution is -2.41. The second kappa shape index (κ2) is 7.62. The van der Waals surface area contributed by atoms with Gasteiger partial charge in [-0.3, -0.25) is 9.78 Å². The highest BCUT2D eigenvalue weighted by molar-refractivity contribution is 6.31. The quantitative estimate of drug-likeness (QED) is 0.925. The van der Waals surface area contributed by atoms with Crippen molar-refractivity contribution in [3.63, 3.8) is 0 Å². The molecule has 1 unspecified atom stereocenters. The van der Waals surface area contributed by atoms with Gasteiger partial charge in [-0.1, -0.05) is 29.8 Å². The topological polar surface area (TPSA) is 58.1 Å². The Balaban J connectivity index is 1.55. The molecule has 1 aromatic carbocycles. The zero-order valence-corrected chi connectivity index (χ0v) is 14.4. The Morgan fingerprint density at radius 2 is 2.04 bits per heavy atom. The van der Waals surface area contributed by atoms with Crippen LogP contribution in [0.2, 0.25) is 5.02 Å². The first-order valence-corrected chi connectivity index (χ1v) is 8.58. The number of rotatable bonds is 4. The van der Waals surface area contributed by atoms with E-state index in [1.807, 2.05) is 31.2 Å². The number of benzene rings is 1. The molecule has 1 aliphatic rings. The molecule has 1 amide bonds. The molecule has 0 radical (unpaired) electrons. The minimum absolute atomic E-state index is 0.0304. The van der Waals surface area contributed by atoms with Gasteiger partial charge in [0.15, 0.2) is 0 Å². The zero-order valence-electron chi connectivity index (χ0n) is 13.7. The van der Waals surface area contributed by atoms with Crippen LogP contribution in [0.5, 0.6) is 0 Å². The maximum atomic E-state index is 12.5. The van der Waals surface area contributed by atoms with Gasteiger partial charge < -0.3 is 10.2 Å². The van der Waals surface area contributed by atoms with Crippen molar-refractivity contribution in [2.24, 2.45) is 5.92 Å². The summed E-state index contributed by atoms with van der Waals surface area (Å²) in [5.41, 5.74) is 0.949. The van der Waals surface area contributed by atoms with E-state index < -0.39 is 0 Å². The Morgan fingerprint density at radius 1 is 1.29 bits per heavy atom. The molecule has 126 valence electrons. The number of hydrogen-bond acceptors (Lipinski definition) is 4. The maximum Gasteiger partial charge on any atom is 0.223 e. The van der Waals surface area contributed by atoms with E-state index in [4.69, 9.17) is 11.6 Å². The number of anilines is 1. The standard InChI is InChI=1S/C18H21ClN4O/c1-13(15-4-2-3-5-16(15)19)22-18(24)14-6-10-23(11-7-14)17-12-20-8-9-21-17/h2-5,8-9,12-14H,6-7,10-11H2,1H3,(H,22,24). The van der Waals surface area contributed by atoms with Gasteiger partial charge in [0.2, 0.25) is 5.91 Å². The van der Waals surface area contributed by atoms with Gasteiger partial charge in [0.05, 0.1) is 12.2 Å².